The van der Waals surface area contributed by atoms with Gasteiger partial charge in [-0.1, -0.05) is 13.0 Å². The summed E-state index contributed by atoms with van der Waals surface area (Å²) in [6.45, 7) is 4.82. The van der Waals surface area contributed by atoms with Crippen LogP contribution in [0.5, 0.6) is 0 Å². The molecule has 1 saturated heterocycles. The van der Waals surface area contributed by atoms with Crippen molar-refractivity contribution in [3.8, 4) is 0 Å². The molecule has 1 aliphatic heterocycles. The third kappa shape index (κ3) is 4.94. The monoisotopic (exact) mass is 295 g/mol. The minimum Gasteiger partial charge on any atom is -0.333 e. The highest BCUT2D eigenvalue weighted by Gasteiger charge is 2.19. The molecule has 3 amide bonds. The lowest BCUT2D eigenvalue weighted by atomic mass is 10.0. The lowest BCUT2D eigenvalue weighted by molar-refractivity contribution is -0.121. The highest BCUT2D eigenvalue weighted by Crippen LogP contribution is 2.14. The zero-order valence-electron chi connectivity index (χ0n) is 11.7. The Kier molecular flexibility index (Phi) is 5.55. The van der Waals surface area contributed by atoms with Crippen LogP contribution >= 0.6 is 11.3 Å². The minimum atomic E-state index is -0.423. The van der Waals surface area contributed by atoms with Gasteiger partial charge in [0.1, 0.15) is 0 Å². The van der Waals surface area contributed by atoms with Crippen molar-refractivity contribution in [2.45, 2.75) is 26.3 Å². The third-order valence-corrected chi connectivity index (χ3v) is 4.24. The van der Waals surface area contributed by atoms with Gasteiger partial charge < -0.3 is 5.32 Å². The van der Waals surface area contributed by atoms with Crippen LogP contribution in [0.25, 0.3) is 0 Å². The van der Waals surface area contributed by atoms with Gasteiger partial charge >= 0.3 is 6.03 Å². The lowest BCUT2D eigenvalue weighted by Gasteiger charge is -2.29. The molecule has 5 nitrogen and oxygen atoms in total. The van der Waals surface area contributed by atoms with Crippen molar-refractivity contribution in [1.29, 1.82) is 0 Å². The molecule has 1 fully saturated rings. The SMILES string of the molecule is CC1CCCN(CC(=O)NC(=O)NCc2cccs2)C1. The fourth-order valence-electron chi connectivity index (χ4n) is 2.42. The zero-order valence-corrected chi connectivity index (χ0v) is 12.5. The highest BCUT2D eigenvalue weighted by atomic mass is 32.1. The van der Waals surface area contributed by atoms with Crippen molar-refractivity contribution in [2.24, 2.45) is 5.92 Å². The van der Waals surface area contributed by atoms with E-state index in [-0.39, 0.29) is 5.91 Å². The molecule has 0 bridgehead atoms. The van der Waals surface area contributed by atoms with E-state index in [1.807, 2.05) is 17.5 Å². The number of hydrogen-bond donors (Lipinski definition) is 2. The molecule has 1 aliphatic rings. The van der Waals surface area contributed by atoms with E-state index in [9.17, 15) is 9.59 Å². The van der Waals surface area contributed by atoms with E-state index in [1.54, 1.807) is 11.3 Å². The van der Waals surface area contributed by atoms with Gasteiger partial charge in [-0.3, -0.25) is 15.0 Å². The van der Waals surface area contributed by atoms with Crippen molar-refractivity contribution >= 4 is 23.3 Å². The van der Waals surface area contributed by atoms with Crippen LogP contribution in [0.2, 0.25) is 0 Å². The Bertz CT molecular complexity index is 447. The molecule has 0 aliphatic carbocycles. The molecule has 2 heterocycles. The quantitative estimate of drug-likeness (QED) is 0.890. The number of urea groups is 1. The van der Waals surface area contributed by atoms with Gasteiger partial charge in [-0.2, -0.15) is 0 Å². The fraction of sp³-hybridized carbons (Fsp3) is 0.571. The van der Waals surface area contributed by atoms with Gasteiger partial charge in [-0.15, -0.1) is 11.3 Å². The van der Waals surface area contributed by atoms with Gasteiger partial charge in [0.25, 0.3) is 0 Å². The summed E-state index contributed by atoms with van der Waals surface area (Å²) in [6.07, 6.45) is 2.35. The summed E-state index contributed by atoms with van der Waals surface area (Å²) >= 11 is 1.58. The Morgan fingerprint density at radius 2 is 2.35 bits per heavy atom. The molecule has 0 aromatic carbocycles. The van der Waals surface area contributed by atoms with Crippen LogP contribution in [-0.4, -0.2) is 36.5 Å². The summed E-state index contributed by atoms with van der Waals surface area (Å²) in [5.74, 6) is 0.395. The molecule has 110 valence electrons. The van der Waals surface area contributed by atoms with Gasteiger partial charge in [-0.05, 0) is 36.8 Å². The molecule has 0 saturated carbocycles. The van der Waals surface area contributed by atoms with Gasteiger partial charge in [0.15, 0.2) is 0 Å². The summed E-state index contributed by atoms with van der Waals surface area (Å²) < 4.78 is 0. The number of imide groups is 1. The maximum atomic E-state index is 11.8. The average Bonchev–Trinajstić information content (AvgIpc) is 2.89. The highest BCUT2D eigenvalue weighted by molar-refractivity contribution is 7.09. The summed E-state index contributed by atoms with van der Waals surface area (Å²) in [6, 6.07) is 3.46. The topological polar surface area (TPSA) is 61.4 Å². The second kappa shape index (κ2) is 7.40. The first-order valence-corrected chi connectivity index (χ1v) is 7.84. The van der Waals surface area contributed by atoms with E-state index in [1.165, 1.54) is 6.42 Å². The van der Waals surface area contributed by atoms with E-state index >= 15 is 0 Å². The van der Waals surface area contributed by atoms with E-state index in [2.05, 4.69) is 22.5 Å². The zero-order chi connectivity index (χ0) is 14.4. The predicted octanol–water partition coefficient (Wildman–Crippen LogP) is 1.81. The second-order valence-electron chi connectivity index (χ2n) is 5.29. The normalized spacial score (nSPS) is 19.6. The molecule has 0 spiro atoms. The summed E-state index contributed by atoms with van der Waals surface area (Å²) in [5.41, 5.74) is 0. The van der Waals surface area contributed by atoms with Crippen LogP contribution in [0.15, 0.2) is 17.5 Å². The van der Waals surface area contributed by atoms with Gasteiger partial charge in [0.2, 0.25) is 5.91 Å². The Balaban J connectivity index is 1.67. The molecule has 0 radical (unpaired) electrons. The number of nitrogens with one attached hydrogen (secondary N) is 2. The summed E-state index contributed by atoms with van der Waals surface area (Å²) in [7, 11) is 0. The van der Waals surface area contributed by atoms with Gasteiger partial charge in [0.05, 0.1) is 13.1 Å². The number of carbonyl (C=O) groups excluding carboxylic acids is 2. The molecular weight excluding hydrogens is 274 g/mol. The number of carbonyl (C=O) groups is 2. The Hall–Kier alpha value is -1.40. The van der Waals surface area contributed by atoms with Crippen molar-refractivity contribution in [2.75, 3.05) is 19.6 Å². The Morgan fingerprint density at radius 3 is 3.05 bits per heavy atom. The second-order valence-corrected chi connectivity index (χ2v) is 6.32. The summed E-state index contributed by atoms with van der Waals surface area (Å²) in [4.78, 5) is 26.6. The predicted molar refractivity (Wildman–Crippen MR) is 79.5 cm³/mol. The van der Waals surface area contributed by atoms with Crippen LogP contribution in [0.1, 0.15) is 24.6 Å². The smallest absolute Gasteiger partial charge is 0.321 e. The molecule has 1 unspecified atom stereocenters. The Labute approximate surface area is 123 Å². The van der Waals surface area contributed by atoms with Crippen LogP contribution in [-0.2, 0) is 11.3 Å². The van der Waals surface area contributed by atoms with Gasteiger partial charge in [0, 0.05) is 11.4 Å². The van der Waals surface area contributed by atoms with Crippen molar-refractivity contribution in [3.05, 3.63) is 22.4 Å². The maximum Gasteiger partial charge on any atom is 0.321 e. The minimum absolute atomic E-state index is 0.234. The van der Waals surface area contributed by atoms with Crippen molar-refractivity contribution in [1.82, 2.24) is 15.5 Å². The number of nitrogens with zero attached hydrogens (tertiary/aromatic N) is 1. The van der Waals surface area contributed by atoms with E-state index < -0.39 is 6.03 Å². The molecule has 1 aromatic heterocycles. The first-order chi connectivity index (χ1) is 9.63. The number of thiophene rings is 1. The van der Waals surface area contributed by atoms with E-state index in [4.69, 9.17) is 0 Å². The van der Waals surface area contributed by atoms with E-state index in [0.29, 0.717) is 19.0 Å². The number of piperidine rings is 1. The third-order valence-electron chi connectivity index (χ3n) is 3.36. The molecule has 1 atom stereocenters. The first-order valence-electron chi connectivity index (χ1n) is 6.96. The van der Waals surface area contributed by atoms with Crippen molar-refractivity contribution < 1.29 is 9.59 Å². The van der Waals surface area contributed by atoms with E-state index in [0.717, 1.165) is 24.4 Å². The first kappa shape index (κ1) is 15.0. The summed E-state index contributed by atoms with van der Waals surface area (Å²) in [5, 5.41) is 7.02. The number of amides is 3. The molecular formula is C14H21N3O2S. The fourth-order valence-corrected chi connectivity index (χ4v) is 3.07. The number of hydrogen-bond acceptors (Lipinski definition) is 4. The Morgan fingerprint density at radius 1 is 1.50 bits per heavy atom. The number of likely N-dealkylation sites (tertiary alicyclic amines) is 1. The molecule has 2 N–H and O–H groups in total. The van der Waals surface area contributed by atoms with Crippen LogP contribution in [0.3, 0.4) is 0 Å². The van der Waals surface area contributed by atoms with Crippen molar-refractivity contribution in [3.63, 3.8) is 0 Å². The molecule has 2 rings (SSSR count). The van der Waals surface area contributed by atoms with Crippen LogP contribution in [0, 0.1) is 5.92 Å². The molecule has 1 aromatic rings. The number of rotatable bonds is 4. The molecule has 20 heavy (non-hydrogen) atoms. The maximum absolute atomic E-state index is 11.8. The average molecular weight is 295 g/mol. The lowest BCUT2D eigenvalue weighted by Crippen LogP contribution is -2.46. The van der Waals surface area contributed by atoms with Crippen LogP contribution < -0.4 is 10.6 Å². The standard InChI is InChI=1S/C14H21N3O2S/c1-11-4-2-6-17(9-11)10-13(18)16-14(19)15-8-12-5-3-7-20-12/h3,5,7,11H,2,4,6,8-10H2,1H3,(H2,15,16,18,19). The van der Waals surface area contributed by atoms with Crippen LogP contribution in [0.4, 0.5) is 4.79 Å². The largest absolute Gasteiger partial charge is 0.333 e. The molecule has 6 heteroatoms. The van der Waals surface area contributed by atoms with Gasteiger partial charge in [-0.25, -0.2) is 4.79 Å².